The summed E-state index contributed by atoms with van der Waals surface area (Å²) in [6.07, 6.45) is -3.28. The summed E-state index contributed by atoms with van der Waals surface area (Å²) in [6.45, 7) is 0.0478. The SMILES string of the molecule is CCCc1c(Cc2ccc(-c3ccccc3C#N)cc2)c(=O)n(CC(F)(F)F)n1CCO. The predicted octanol–water partition coefficient (Wildman–Crippen LogP) is 4.29. The third-order valence-corrected chi connectivity index (χ3v) is 5.26. The van der Waals surface area contributed by atoms with Gasteiger partial charge >= 0.3 is 6.18 Å². The zero-order valence-corrected chi connectivity index (χ0v) is 17.7. The molecular formula is C24H24F3N3O2. The summed E-state index contributed by atoms with van der Waals surface area (Å²) in [5, 5.41) is 18.7. The Morgan fingerprint density at radius 2 is 1.75 bits per heavy atom. The van der Waals surface area contributed by atoms with E-state index in [1.807, 2.05) is 43.3 Å². The number of aromatic nitrogens is 2. The van der Waals surface area contributed by atoms with Crippen LogP contribution in [0.4, 0.5) is 13.2 Å². The molecule has 0 bridgehead atoms. The van der Waals surface area contributed by atoms with Crippen molar-refractivity contribution in [1.29, 1.82) is 5.26 Å². The van der Waals surface area contributed by atoms with Gasteiger partial charge < -0.3 is 5.11 Å². The Morgan fingerprint density at radius 1 is 1.06 bits per heavy atom. The van der Waals surface area contributed by atoms with Crippen LogP contribution in [0.2, 0.25) is 0 Å². The average Bonchev–Trinajstić information content (AvgIpc) is 2.99. The maximum Gasteiger partial charge on any atom is 0.408 e. The molecule has 3 aromatic rings. The van der Waals surface area contributed by atoms with Gasteiger partial charge in [-0.05, 0) is 29.2 Å². The number of aliphatic hydroxyl groups is 1. The number of alkyl halides is 3. The molecule has 0 aliphatic heterocycles. The van der Waals surface area contributed by atoms with E-state index in [-0.39, 0.29) is 19.6 Å². The minimum Gasteiger partial charge on any atom is -0.394 e. The molecule has 0 saturated carbocycles. The molecule has 0 spiro atoms. The molecule has 1 heterocycles. The topological polar surface area (TPSA) is 71.0 Å². The molecule has 168 valence electrons. The lowest BCUT2D eigenvalue weighted by molar-refractivity contribution is -0.145. The van der Waals surface area contributed by atoms with Crippen molar-refractivity contribution in [3.63, 3.8) is 0 Å². The molecule has 0 atom stereocenters. The molecule has 0 unspecified atom stereocenters. The van der Waals surface area contributed by atoms with Gasteiger partial charge in [0.15, 0.2) is 0 Å². The molecule has 0 fully saturated rings. The van der Waals surface area contributed by atoms with Gasteiger partial charge in [-0.2, -0.15) is 18.4 Å². The molecule has 3 rings (SSSR count). The lowest BCUT2D eigenvalue weighted by atomic mass is 9.97. The van der Waals surface area contributed by atoms with E-state index in [9.17, 15) is 28.3 Å². The van der Waals surface area contributed by atoms with E-state index in [0.717, 1.165) is 16.7 Å². The van der Waals surface area contributed by atoms with E-state index in [1.54, 1.807) is 12.1 Å². The smallest absolute Gasteiger partial charge is 0.394 e. The first-order valence-electron chi connectivity index (χ1n) is 10.4. The van der Waals surface area contributed by atoms with Crippen LogP contribution in [-0.2, 0) is 25.9 Å². The van der Waals surface area contributed by atoms with Crippen LogP contribution in [-0.4, -0.2) is 27.3 Å². The zero-order chi connectivity index (χ0) is 23.3. The number of hydrogen-bond acceptors (Lipinski definition) is 3. The number of hydrogen-bond donors (Lipinski definition) is 1. The zero-order valence-electron chi connectivity index (χ0n) is 17.7. The first-order chi connectivity index (χ1) is 15.3. The highest BCUT2D eigenvalue weighted by Crippen LogP contribution is 2.25. The average molecular weight is 443 g/mol. The molecule has 0 radical (unpaired) electrons. The standard InChI is InChI=1S/C24H24F3N3O2/c1-2-5-22-21(23(32)30(16-24(25,26)27)29(22)12-13-31)14-17-8-10-18(11-9-17)20-7-4-3-6-19(20)15-28/h3-4,6-11,31H,2,5,12-14,16H2,1H3. The maximum atomic E-state index is 13.1. The van der Waals surface area contributed by atoms with Crippen molar-refractivity contribution in [2.75, 3.05) is 6.61 Å². The number of nitrogens with zero attached hydrogens (tertiary/aromatic N) is 3. The number of benzene rings is 2. The largest absolute Gasteiger partial charge is 0.408 e. The Bertz CT molecular complexity index is 1170. The monoisotopic (exact) mass is 443 g/mol. The molecule has 2 aromatic carbocycles. The summed E-state index contributed by atoms with van der Waals surface area (Å²) in [6, 6.07) is 16.7. The van der Waals surface area contributed by atoms with Gasteiger partial charge in [-0.25, -0.2) is 4.68 Å². The molecule has 0 aliphatic carbocycles. The number of halogens is 3. The van der Waals surface area contributed by atoms with Crippen molar-refractivity contribution in [1.82, 2.24) is 9.36 Å². The Hall–Kier alpha value is -3.31. The van der Waals surface area contributed by atoms with E-state index in [1.165, 1.54) is 4.68 Å². The fourth-order valence-corrected chi connectivity index (χ4v) is 3.90. The normalized spacial score (nSPS) is 11.5. The van der Waals surface area contributed by atoms with E-state index in [4.69, 9.17) is 0 Å². The van der Waals surface area contributed by atoms with Crippen LogP contribution in [0.15, 0.2) is 53.3 Å². The molecular weight excluding hydrogens is 419 g/mol. The molecule has 0 aliphatic rings. The van der Waals surface area contributed by atoms with Crippen molar-refractivity contribution < 1.29 is 18.3 Å². The van der Waals surface area contributed by atoms with Gasteiger partial charge in [0.1, 0.15) is 6.54 Å². The molecule has 1 N–H and O–H groups in total. The summed E-state index contributed by atoms with van der Waals surface area (Å²) in [7, 11) is 0. The molecule has 8 heteroatoms. The highest BCUT2D eigenvalue weighted by Gasteiger charge is 2.32. The second-order valence-corrected chi connectivity index (χ2v) is 7.53. The first kappa shape index (κ1) is 23.4. The van der Waals surface area contributed by atoms with E-state index < -0.39 is 18.3 Å². The lowest BCUT2D eigenvalue weighted by Gasteiger charge is -2.15. The minimum atomic E-state index is -4.55. The van der Waals surface area contributed by atoms with Gasteiger partial charge in [-0.3, -0.25) is 9.48 Å². The second kappa shape index (κ2) is 9.88. The molecule has 0 amide bonds. The number of rotatable bonds is 8. The number of aliphatic hydroxyl groups excluding tert-OH is 1. The molecule has 32 heavy (non-hydrogen) atoms. The second-order valence-electron chi connectivity index (χ2n) is 7.53. The van der Waals surface area contributed by atoms with Crippen molar-refractivity contribution >= 4 is 0 Å². The van der Waals surface area contributed by atoms with Crippen LogP contribution in [0.5, 0.6) is 0 Å². The van der Waals surface area contributed by atoms with Gasteiger partial charge in [0.25, 0.3) is 5.56 Å². The van der Waals surface area contributed by atoms with Gasteiger partial charge in [0.05, 0.1) is 24.8 Å². The van der Waals surface area contributed by atoms with Crippen molar-refractivity contribution in [3.05, 3.63) is 81.3 Å². The Kier molecular flexibility index (Phi) is 7.21. The summed E-state index contributed by atoms with van der Waals surface area (Å²) < 4.78 is 41.3. The van der Waals surface area contributed by atoms with Gasteiger partial charge in [-0.1, -0.05) is 55.8 Å². The van der Waals surface area contributed by atoms with E-state index in [2.05, 4.69) is 6.07 Å². The van der Waals surface area contributed by atoms with Crippen LogP contribution in [0, 0.1) is 11.3 Å². The maximum absolute atomic E-state index is 13.1. The van der Waals surface area contributed by atoms with Crippen molar-refractivity contribution in [2.24, 2.45) is 0 Å². The van der Waals surface area contributed by atoms with Crippen molar-refractivity contribution in [3.8, 4) is 17.2 Å². The third kappa shape index (κ3) is 5.11. The predicted molar refractivity (Wildman–Crippen MR) is 115 cm³/mol. The first-order valence-corrected chi connectivity index (χ1v) is 10.4. The fraction of sp³-hybridized carbons (Fsp3) is 0.333. The molecule has 0 saturated heterocycles. The van der Waals surface area contributed by atoms with Gasteiger partial charge in [-0.15, -0.1) is 0 Å². The highest BCUT2D eigenvalue weighted by molar-refractivity contribution is 5.70. The quantitative estimate of drug-likeness (QED) is 0.565. The van der Waals surface area contributed by atoms with Crippen LogP contribution in [0.25, 0.3) is 11.1 Å². The van der Waals surface area contributed by atoms with Crippen molar-refractivity contribution in [2.45, 2.75) is 45.5 Å². The summed E-state index contributed by atoms with van der Waals surface area (Å²) in [4.78, 5) is 12.9. The van der Waals surface area contributed by atoms with Crippen LogP contribution >= 0.6 is 0 Å². The van der Waals surface area contributed by atoms with Crippen LogP contribution < -0.4 is 5.56 Å². The fourth-order valence-electron chi connectivity index (χ4n) is 3.90. The number of nitriles is 1. The Morgan fingerprint density at radius 3 is 2.34 bits per heavy atom. The summed E-state index contributed by atoms with van der Waals surface area (Å²) in [5.41, 5.74) is 3.10. The van der Waals surface area contributed by atoms with Crippen LogP contribution in [0.1, 0.15) is 35.7 Å². The summed E-state index contributed by atoms with van der Waals surface area (Å²) >= 11 is 0. The highest BCUT2D eigenvalue weighted by atomic mass is 19.4. The Labute approximate surface area is 183 Å². The van der Waals surface area contributed by atoms with Gasteiger partial charge in [0, 0.05) is 17.7 Å². The van der Waals surface area contributed by atoms with Crippen LogP contribution in [0.3, 0.4) is 0 Å². The Balaban J connectivity index is 2.00. The lowest BCUT2D eigenvalue weighted by Crippen LogP contribution is -2.32. The van der Waals surface area contributed by atoms with Gasteiger partial charge in [0.2, 0.25) is 0 Å². The third-order valence-electron chi connectivity index (χ3n) is 5.26. The molecule has 5 nitrogen and oxygen atoms in total. The summed E-state index contributed by atoms with van der Waals surface area (Å²) in [5.74, 6) is 0. The van der Waals surface area contributed by atoms with E-state index in [0.29, 0.717) is 34.3 Å². The molecule has 1 aromatic heterocycles. The van der Waals surface area contributed by atoms with E-state index >= 15 is 0 Å². The minimum absolute atomic E-state index is 0.0788.